The van der Waals surface area contributed by atoms with Gasteiger partial charge in [-0.25, -0.2) is 10.2 Å². The fourth-order valence-corrected chi connectivity index (χ4v) is 4.99. The highest BCUT2D eigenvalue weighted by Gasteiger charge is 2.21. The summed E-state index contributed by atoms with van der Waals surface area (Å²) in [6.07, 6.45) is 5.20. The van der Waals surface area contributed by atoms with Crippen LogP contribution in [0.25, 0.3) is 10.9 Å². The minimum Gasteiger partial charge on any atom is -0.399 e. The van der Waals surface area contributed by atoms with Gasteiger partial charge in [0.1, 0.15) is 11.9 Å². The van der Waals surface area contributed by atoms with Crippen molar-refractivity contribution in [1.82, 2.24) is 14.9 Å². The van der Waals surface area contributed by atoms with Crippen LogP contribution in [0.5, 0.6) is 0 Å². The fraction of sp³-hybridized carbons (Fsp3) is 0.333. The lowest BCUT2D eigenvalue weighted by molar-refractivity contribution is 0.146. The highest BCUT2D eigenvalue weighted by Crippen LogP contribution is 2.35. The monoisotopic (exact) mass is 556 g/mol. The number of anilines is 3. The average Bonchev–Trinajstić information content (AvgIpc) is 2.91. The molecule has 8 nitrogen and oxygen atoms in total. The first kappa shape index (κ1) is 27.7. The van der Waals surface area contributed by atoms with Gasteiger partial charge in [-0.05, 0) is 56.6 Å². The standard InChI is InChI=1S/C27H31Cl2FN8/c1-3-37-8-6-20(7-9-37)38(33)15-25(32)16(2)35-19-10-21-26(36-18-4-5-24(30)22(28)11-18)17(13-31)14-34-27(21)23(29)12-19/h4-5,10-12,14-16,20,35H,3,6-9,32-33H2,1-2H3,(H,34,36)/b25-15-/t16-/m0/s1. The summed E-state index contributed by atoms with van der Waals surface area (Å²) in [5, 5.41) is 18.9. The number of nitriles is 1. The molecule has 0 saturated carbocycles. The Labute approximate surface area is 232 Å². The molecular weight excluding hydrogens is 526 g/mol. The Morgan fingerprint density at radius 2 is 1.97 bits per heavy atom. The van der Waals surface area contributed by atoms with Gasteiger partial charge >= 0.3 is 0 Å². The van der Waals surface area contributed by atoms with Crippen molar-refractivity contribution in [2.75, 3.05) is 30.3 Å². The first-order valence-electron chi connectivity index (χ1n) is 12.4. The number of rotatable bonds is 8. The van der Waals surface area contributed by atoms with E-state index in [0.29, 0.717) is 44.2 Å². The van der Waals surface area contributed by atoms with E-state index in [0.717, 1.165) is 32.5 Å². The molecule has 0 spiro atoms. The largest absolute Gasteiger partial charge is 0.399 e. The van der Waals surface area contributed by atoms with Gasteiger partial charge in [-0.2, -0.15) is 5.26 Å². The number of fused-ring (bicyclic) bond motifs is 1. The molecule has 1 aromatic heterocycles. The van der Waals surface area contributed by atoms with E-state index in [4.69, 9.17) is 34.8 Å². The Morgan fingerprint density at radius 1 is 1.26 bits per heavy atom. The van der Waals surface area contributed by atoms with E-state index in [1.54, 1.807) is 17.3 Å². The van der Waals surface area contributed by atoms with E-state index in [1.807, 2.05) is 13.0 Å². The second-order valence-corrected chi connectivity index (χ2v) is 10.2. The van der Waals surface area contributed by atoms with Gasteiger partial charge in [-0.3, -0.25) is 4.98 Å². The van der Waals surface area contributed by atoms with Crippen molar-refractivity contribution in [3.63, 3.8) is 0 Å². The second kappa shape index (κ2) is 12.0. The van der Waals surface area contributed by atoms with E-state index in [9.17, 15) is 9.65 Å². The summed E-state index contributed by atoms with van der Waals surface area (Å²) in [5.41, 5.74) is 9.46. The van der Waals surface area contributed by atoms with E-state index in [1.165, 1.54) is 24.4 Å². The maximum atomic E-state index is 13.7. The van der Waals surface area contributed by atoms with Crippen molar-refractivity contribution in [2.24, 2.45) is 11.6 Å². The third-order valence-corrected chi connectivity index (χ3v) is 7.42. The van der Waals surface area contributed by atoms with E-state index >= 15 is 0 Å². The molecule has 200 valence electrons. The molecule has 1 aliphatic rings. The maximum absolute atomic E-state index is 13.7. The Morgan fingerprint density at radius 3 is 2.63 bits per heavy atom. The average molecular weight is 558 g/mol. The SMILES string of the molecule is CCN1CCC(N(N)/C=C(\N)[C@H](C)Nc2cc(Cl)c3ncc(C#N)c(Nc4ccc(F)c(Cl)c4)c3c2)CC1. The van der Waals surface area contributed by atoms with Crippen molar-refractivity contribution in [3.8, 4) is 6.07 Å². The Hall–Kier alpha value is -3.29. The van der Waals surface area contributed by atoms with E-state index in [2.05, 4.69) is 33.5 Å². The summed E-state index contributed by atoms with van der Waals surface area (Å²) < 4.78 is 13.7. The number of benzene rings is 2. The number of hydrogen-bond acceptors (Lipinski definition) is 8. The van der Waals surface area contributed by atoms with Gasteiger partial charge in [0.25, 0.3) is 0 Å². The van der Waals surface area contributed by atoms with Crippen LogP contribution in [0.2, 0.25) is 10.0 Å². The van der Waals surface area contributed by atoms with Crippen LogP contribution in [0.4, 0.5) is 21.5 Å². The van der Waals surface area contributed by atoms with Crippen molar-refractivity contribution < 1.29 is 4.39 Å². The topological polar surface area (TPSA) is 119 Å². The number of halogens is 3. The van der Waals surface area contributed by atoms with Gasteiger partial charge in [-0.1, -0.05) is 30.1 Å². The van der Waals surface area contributed by atoms with E-state index in [-0.39, 0.29) is 17.1 Å². The van der Waals surface area contributed by atoms with Crippen LogP contribution in [-0.4, -0.2) is 46.6 Å². The van der Waals surface area contributed by atoms with Crippen LogP contribution >= 0.6 is 23.2 Å². The first-order valence-corrected chi connectivity index (χ1v) is 13.2. The van der Waals surface area contributed by atoms with Crippen LogP contribution in [-0.2, 0) is 0 Å². The lowest BCUT2D eigenvalue weighted by Gasteiger charge is -2.35. The molecule has 1 fully saturated rings. The number of nitrogens with zero attached hydrogens (tertiary/aromatic N) is 4. The Balaban J connectivity index is 1.59. The first-order chi connectivity index (χ1) is 18.2. The predicted octanol–water partition coefficient (Wildman–Crippen LogP) is 5.56. The van der Waals surface area contributed by atoms with Gasteiger partial charge in [0.2, 0.25) is 0 Å². The van der Waals surface area contributed by atoms with Crippen LogP contribution in [0.15, 0.2) is 48.4 Å². The zero-order valence-electron chi connectivity index (χ0n) is 21.3. The summed E-state index contributed by atoms with van der Waals surface area (Å²) >= 11 is 12.5. The summed E-state index contributed by atoms with van der Waals surface area (Å²) in [7, 11) is 0. The van der Waals surface area contributed by atoms with Crippen LogP contribution in [0.1, 0.15) is 32.3 Å². The zero-order valence-corrected chi connectivity index (χ0v) is 22.8. The predicted molar refractivity (Wildman–Crippen MR) is 153 cm³/mol. The summed E-state index contributed by atoms with van der Waals surface area (Å²) in [6, 6.07) is 9.96. The molecule has 6 N–H and O–H groups in total. The number of nitrogens with two attached hydrogens (primary N) is 2. The lowest BCUT2D eigenvalue weighted by Crippen LogP contribution is -2.46. The molecule has 1 saturated heterocycles. The third-order valence-electron chi connectivity index (χ3n) is 6.84. The molecule has 38 heavy (non-hydrogen) atoms. The lowest BCUT2D eigenvalue weighted by atomic mass is 10.0. The van der Waals surface area contributed by atoms with Gasteiger partial charge in [0.15, 0.2) is 0 Å². The van der Waals surface area contributed by atoms with Crippen LogP contribution in [0.3, 0.4) is 0 Å². The number of hydrazine groups is 1. The molecular formula is C27H31Cl2FN8. The highest BCUT2D eigenvalue weighted by atomic mass is 35.5. The number of piperidine rings is 1. The number of nitrogens with one attached hydrogen (secondary N) is 2. The molecule has 2 heterocycles. The van der Waals surface area contributed by atoms with Crippen molar-refractivity contribution >= 4 is 51.2 Å². The van der Waals surface area contributed by atoms with Gasteiger partial charge < -0.3 is 26.3 Å². The highest BCUT2D eigenvalue weighted by molar-refractivity contribution is 6.36. The van der Waals surface area contributed by atoms with Gasteiger partial charge in [0.05, 0.1) is 32.9 Å². The number of aromatic nitrogens is 1. The van der Waals surface area contributed by atoms with Crippen LogP contribution < -0.4 is 22.2 Å². The number of pyridine rings is 1. The molecule has 0 radical (unpaired) electrons. The molecule has 1 aliphatic heterocycles. The normalized spacial score (nSPS) is 15.8. The quantitative estimate of drug-likeness (QED) is 0.210. The number of likely N-dealkylation sites (tertiary alicyclic amines) is 1. The fourth-order valence-electron chi connectivity index (χ4n) is 4.54. The van der Waals surface area contributed by atoms with Crippen molar-refractivity contribution in [2.45, 2.75) is 38.8 Å². The summed E-state index contributed by atoms with van der Waals surface area (Å²) in [5.74, 6) is 5.81. The summed E-state index contributed by atoms with van der Waals surface area (Å²) in [4.78, 5) is 6.78. The molecule has 1 atom stereocenters. The molecule has 0 unspecified atom stereocenters. The molecule has 0 amide bonds. The Bertz CT molecular complexity index is 1380. The maximum Gasteiger partial charge on any atom is 0.141 e. The smallest absolute Gasteiger partial charge is 0.141 e. The van der Waals surface area contributed by atoms with E-state index < -0.39 is 5.82 Å². The minimum absolute atomic E-state index is 0.0341. The van der Waals surface area contributed by atoms with Crippen molar-refractivity contribution in [1.29, 1.82) is 5.26 Å². The van der Waals surface area contributed by atoms with Crippen molar-refractivity contribution in [3.05, 3.63) is 69.9 Å². The molecule has 0 aliphatic carbocycles. The molecule has 4 rings (SSSR count). The third kappa shape index (κ3) is 6.22. The molecule has 3 aromatic rings. The molecule has 2 aromatic carbocycles. The second-order valence-electron chi connectivity index (χ2n) is 9.37. The zero-order chi connectivity index (χ0) is 27.4. The molecule has 0 bridgehead atoms. The minimum atomic E-state index is -0.533. The molecule has 11 heteroatoms. The van der Waals surface area contributed by atoms with Crippen LogP contribution in [0, 0.1) is 17.1 Å². The number of hydrogen-bond donors (Lipinski definition) is 4. The summed E-state index contributed by atoms with van der Waals surface area (Å²) in [6.45, 7) is 7.18. The van der Waals surface area contributed by atoms with Gasteiger partial charge in [-0.15, -0.1) is 0 Å². The Kier molecular flexibility index (Phi) is 8.80. The van der Waals surface area contributed by atoms with Gasteiger partial charge in [0, 0.05) is 54.0 Å².